The van der Waals surface area contributed by atoms with Crippen molar-refractivity contribution in [2.75, 3.05) is 46.4 Å². The van der Waals surface area contributed by atoms with Crippen molar-refractivity contribution in [2.24, 2.45) is 16.8 Å². The summed E-state index contributed by atoms with van der Waals surface area (Å²) in [5, 5.41) is 7.04. The van der Waals surface area contributed by atoms with Gasteiger partial charge in [-0.2, -0.15) is 0 Å². The first-order valence-electron chi connectivity index (χ1n) is 9.28. The topological polar surface area (TPSA) is 48.9 Å². The average molecular weight is 325 g/mol. The first-order valence-corrected chi connectivity index (χ1v) is 9.28. The molecule has 134 valence electrons. The van der Waals surface area contributed by atoms with Gasteiger partial charge in [0.1, 0.15) is 0 Å². The molecule has 0 atom stereocenters. The van der Waals surface area contributed by atoms with E-state index >= 15 is 0 Å². The van der Waals surface area contributed by atoms with E-state index in [0.717, 1.165) is 57.2 Å². The van der Waals surface area contributed by atoms with Crippen LogP contribution in [0.25, 0.3) is 0 Å². The Bertz CT molecular complexity index is 369. The Hall–Kier alpha value is -0.810. The average Bonchev–Trinajstić information content (AvgIpc) is 2.57. The Kier molecular flexibility index (Phi) is 7.15. The molecule has 0 aromatic carbocycles. The number of morpholine rings is 1. The standard InChI is InChI=1S/C18H36N4O/c1-15-5-7-16(8-6-15)13-20-17(19-4)21-14-18(2,3)22-9-11-23-12-10-22/h15-16H,5-14H2,1-4H3,(H2,19,20,21). The third-order valence-electron chi connectivity index (χ3n) is 5.47. The van der Waals surface area contributed by atoms with Gasteiger partial charge >= 0.3 is 0 Å². The van der Waals surface area contributed by atoms with E-state index in [1.165, 1.54) is 25.7 Å². The molecule has 0 spiro atoms. The van der Waals surface area contributed by atoms with Crippen LogP contribution in [0.15, 0.2) is 4.99 Å². The largest absolute Gasteiger partial charge is 0.379 e. The van der Waals surface area contributed by atoms with Gasteiger partial charge in [-0.05, 0) is 38.5 Å². The van der Waals surface area contributed by atoms with E-state index in [-0.39, 0.29) is 5.54 Å². The summed E-state index contributed by atoms with van der Waals surface area (Å²) in [6, 6.07) is 0. The number of aliphatic imine (C=N–C) groups is 1. The summed E-state index contributed by atoms with van der Waals surface area (Å²) in [5.41, 5.74) is 0.113. The summed E-state index contributed by atoms with van der Waals surface area (Å²) in [4.78, 5) is 6.89. The molecule has 0 amide bonds. The van der Waals surface area contributed by atoms with Gasteiger partial charge in [0.2, 0.25) is 0 Å². The zero-order chi connectivity index (χ0) is 16.7. The van der Waals surface area contributed by atoms with E-state index in [1.807, 2.05) is 7.05 Å². The van der Waals surface area contributed by atoms with Gasteiger partial charge < -0.3 is 15.4 Å². The summed E-state index contributed by atoms with van der Waals surface area (Å²) in [6.07, 6.45) is 5.46. The zero-order valence-corrected chi connectivity index (χ0v) is 15.5. The molecule has 0 unspecified atom stereocenters. The predicted molar refractivity (Wildman–Crippen MR) is 97.0 cm³/mol. The molecule has 1 aliphatic carbocycles. The fourth-order valence-electron chi connectivity index (χ4n) is 3.58. The highest BCUT2D eigenvalue weighted by molar-refractivity contribution is 5.79. The minimum Gasteiger partial charge on any atom is -0.379 e. The highest BCUT2D eigenvalue weighted by Crippen LogP contribution is 2.27. The maximum atomic E-state index is 5.46. The Morgan fingerprint density at radius 2 is 1.78 bits per heavy atom. The minimum atomic E-state index is 0.113. The van der Waals surface area contributed by atoms with Crippen LogP contribution in [0.4, 0.5) is 0 Å². The van der Waals surface area contributed by atoms with Crippen LogP contribution in [0, 0.1) is 11.8 Å². The van der Waals surface area contributed by atoms with Gasteiger partial charge in [-0.3, -0.25) is 9.89 Å². The molecule has 5 heteroatoms. The molecule has 0 aromatic heterocycles. The van der Waals surface area contributed by atoms with Crippen LogP contribution in [-0.4, -0.2) is 62.8 Å². The molecule has 23 heavy (non-hydrogen) atoms. The molecular formula is C18H36N4O. The Labute approximate surface area is 142 Å². The van der Waals surface area contributed by atoms with Crippen molar-refractivity contribution < 1.29 is 4.74 Å². The van der Waals surface area contributed by atoms with Crippen molar-refractivity contribution in [1.82, 2.24) is 15.5 Å². The third-order valence-corrected chi connectivity index (χ3v) is 5.47. The lowest BCUT2D eigenvalue weighted by molar-refractivity contribution is -0.00834. The van der Waals surface area contributed by atoms with Crippen LogP contribution in [0.5, 0.6) is 0 Å². The van der Waals surface area contributed by atoms with Gasteiger partial charge in [-0.25, -0.2) is 0 Å². The molecular weight excluding hydrogens is 288 g/mol. The molecule has 2 rings (SSSR count). The summed E-state index contributed by atoms with van der Waals surface area (Å²) in [6.45, 7) is 12.6. The van der Waals surface area contributed by atoms with Crippen molar-refractivity contribution in [3.63, 3.8) is 0 Å². The monoisotopic (exact) mass is 324 g/mol. The molecule has 0 aromatic rings. The van der Waals surface area contributed by atoms with E-state index < -0.39 is 0 Å². The van der Waals surface area contributed by atoms with E-state index in [0.29, 0.717) is 0 Å². The molecule has 5 nitrogen and oxygen atoms in total. The molecule has 1 saturated heterocycles. The third kappa shape index (κ3) is 5.96. The summed E-state index contributed by atoms with van der Waals surface area (Å²) in [5.74, 6) is 2.65. The number of ether oxygens (including phenoxy) is 1. The minimum absolute atomic E-state index is 0.113. The maximum Gasteiger partial charge on any atom is 0.191 e. The van der Waals surface area contributed by atoms with E-state index in [2.05, 4.69) is 41.3 Å². The van der Waals surface area contributed by atoms with Crippen molar-refractivity contribution >= 4 is 5.96 Å². The zero-order valence-electron chi connectivity index (χ0n) is 15.5. The molecule has 0 bridgehead atoms. The van der Waals surface area contributed by atoms with Crippen molar-refractivity contribution in [3.8, 4) is 0 Å². The van der Waals surface area contributed by atoms with Crippen LogP contribution in [0.3, 0.4) is 0 Å². The molecule has 1 saturated carbocycles. The van der Waals surface area contributed by atoms with Crippen molar-refractivity contribution in [1.29, 1.82) is 0 Å². The van der Waals surface area contributed by atoms with Gasteiger partial charge in [-0.15, -0.1) is 0 Å². The molecule has 2 aliphatic rings. The van der Waals surface area contributed by atoms with Crippen molar-refractivity contribution in [3.05, 3.63) is 0 Å². The highest BCUT2D eigenvalue weighted by atomic mass is 16.5. The Balaban J connectivity index is 1.71. The normalized spacial score (nSPS) is 27.7. The lowest BCUT2D eigenvalue weighted by Crippen LogP contribution is -2.56. The number of nitrogens with one attached hydrogen (secondary N) is 2. The highest BCUT2D eigenvalue weighted by Gasteiger charge is 2.28. The van der Waals surface area contributed by atoms with Crippen LogP contribution in [-0.2, 0) is 4.74 Å². The van der Waals surface area contributed by atoms with Gasteiger partial charge in [-0.1, -0.05) is 19.8 Å². The summed E-state index contributed by atoms with van der Waals surface area (Å²) in [7, 11) is 1.86. The second-order valence-corrected chi connectivity index (χ2v) is 7.84. The fourth-order valence-corrected chi connectivity index (χ4v) is 3.58. The van der Waals surface area contributed by atoms with Crippen molar-refractivity contribution in [2.45, 2.75) is 52.0 Å². The molecule has 0 radical (unpaired) electrons. The second-order valence-electron chi connectivity index (χ2n) is 7.84. The lowest BCUT2D eigenvalue weighted by atomic mass is 9.83. The first kappa shape index (κ1) is 18.5. The number of rotatable bonds is 5. The molecule has 1 heterocycles. The molecule has 2 fully saturated rings. The Morgan fingerprint density at radius 3 is 2.39 bits per heavy atom. The Morgan fingerprint density at radius 1 is 1.13 bits per heavy atom. The van der Waals surface area contributed by atoms with E-state index in [4.69, 9.17) is 4.74 Å². The fraction of sp³-hybridized carbons (Fsp3) is 0.944. The number of hydrogen-bond donors (Lipinski definition) is 2. The maximum absolute atomic E-state index is 5.46. The summed E-state index contributed by atoms with van der Waals surface area (Å²) >= 11 is 0. The van der Waals surface area contributed by atoms with Gasteiger partial charge in [0.05, 0.1) is 13.2 Å². The van der Waals surface area contributed by atoms with Crippen LogP contribution >= 0.6 is 0 Å². The predicted octanol–water partition coefficient (Wildman–Crippen LogP) is 2.09. The van der Waals surface area contributed by atoms with Gasteiger partial charge in [0.25, 0.3) is 0 Å². The SMILES string of the molecule is CN=C(NCC1CCC(C)CC1)NCC(C)(C)N1CCOCC1. The summed E-state index contributed by atoms with van der Waals surface area (Å²) < 4.78 is 5.46. The van der Waals surface area contributed by atoms with Gasteiger partial charge in [0.15, 0.2) is 5.96 Å². The quantitative estimate of drug-likeness (QED) is 0.600. The molecule has 1 aliphatic heterocycles. The second kappa shape index (κ2) is 8.88. The first-order chi connectivity index (χ1) is 11.0. The number of nitrogens with zero attached hydrogens (tertiary/aromatic N) is 2. The van der Waals surface area contributed by atoms with E-state index in [1.54, 1.807) is 0 Å². The number of guanidine groups is 1. The smallest absolute Gasteiger partial charge is 0.191 e. The number of hydrogen-bond acceptors (Lipinski definition) is 3. The van der Waals surface area contributed by atoms with Crippen LogP contribution in [0.1, 0.15) is 46.5 Å². The van der Waals surface area contributed by atoms with Crippen LogP contribution in [0.2, 0.25) is 0 Å². The van der Waals surface area contributed by atoms with Gasteiger partial charge in [0, 0.05) is 38.8 Å². The van der Waals surface area contributed by atoms with Crippen LogP contribution < -0.4 is 10.6 Å². The lowest BCUT2D eigenvalue weighted by Gasteiger charge is -2.41. The molecule has 2 N–H and O–H groups in total. The van der Waals surface area contributed by atoms with E-state index in [9.17, 15) is 0 Å².